The Kier molecular flexibility index (Phi) is 10.3. The third kappa shape index (κ3) is 7.07. The molecule has 4 fully saturated rings. The van der Waals surface area contributed by atoms with Gasteiger partial charge in [0.25, 0.3) is 11.8 Å². The van der Waals surface area contributed by atoms with E-state index in [0.29, 0.717) is 13.1 Å². The minimum atomic E-state index is -0.917. The molecule has 4 aromatic rings. The number of carbonyl (C=O) groups is 2. The highest BCUT2D eigenvalue weighted by molar-refractivity contribution is 5.82. The van der Waals surface area contributed by atoms with E-state index in [1.54, 1.807) is 0 Å². The second-order valence-corrected chi connectivity index (χ2v) is 15.6. The van der Waals surface area contributed by atoms with Gasteiger partial charge in [-0.3, -0.25) is 9.59 Å². The molecule has 1 unspecified atom stereocenters. The molecule has 2 aliphatic heterocycles. The van der Waals surface area contributed by atoms with E-state index in [-0.39, 0.29) is 35.7 Å². The van der Waals surface area contributed by atoms with Crippen LogP contribution < -0.4 is 0 Å². The molecule has 10 heteroatoms. The summed E-state index contributed by atoms with van der Waals surface area (Å²) in [6, 6.07) is 16.5. The number of likely N-dealkylation sites (tertiary alicyclic amines) is 2. The van der Waals surface area contributed by atoms with Crippen LogP contribution in [0, 0.1) is 11.8 Å². The largest absolute Gasteiger partial charge is 0.383 e. The Morgan fingerprint density at radius 2 is 0.904 bits per heavy atom. The maximum Gasteiger partial charge on any atom is 0.252 e. The number of H-pyrrole nitrogens is 2. The number of hydrogen-bond acceptors (Lipinski definition) is 6. The number of benzene rings is 2. The van der Waals surface area contributed by atoms with Gasteiger partial charge in [-0.1, -0.05) is 87.1 Å². The van der Waals surface area contributed by atoms with Gasteiger partial charge in [0.05, 0.1) is 35.9 Å². The number of aromatic amines is 2. The first-order valence-corrected chi connectivity index (χ1v) is 19.7. The highest BCUT2D eigenvalue weighted by atomic mass is 16.3. The van der Waals surface area contributed by atoms with Crippen molar-refractivity contribution in [3.8, 4) is 33.6 Å². The summed E-state index contributed by atoms with van der Waals surface area (Å²) in [7, 11) is 0. The second-order valence-electron chi connectivity index (χ2n) is 15.6. The van der Waals surface area contributed by atoms with Gasteiger partial charge in [0.15, 0.2) is 0 Å². The molecule has 52 heavy (non-hydrogen) atoms. The van der Waals surface area contributed by atoms with Gasteiger partial charge in [-0.15, -0.1) is 0 Å². The van der Waals surface area contributed by atoms with Crippen LogP contribution in [0.1, 0.15) is 114 Å². The summed E-state index contributed by atoms with van der Waals surface area (Å²) in [5.74, 6) is 1.41. The average molecular weight is 705 g/mol. The first kappa shape index (κ1) is 34.8. The first-order valence-electron chi connectivity index (χ1n) is 19.7. The zero-order valence-electron chi connectivity index (χ0n) is 30.1. The van der Waals surface area contributed by atoms with E-state index in [4.69, 9.17) is 9.97 Å². The summed E-state index contributed by atoms with van der Waals surface area (Å²) in [6.45, 7) is 1.31. The van der Waals surface area contributed by atoms with Gasteiger partial charge >= 0.3 is 0 Å². The normalized spacial score (nSPS) is 22.9. The number of aromatic nitrogens is 4. The number of rotatable bonds is 9. The monoisotopic (exact) mass is 704 g/mol. The number of nitrogens with zero attached hydrogens (tertiary/aromatic N) is 4. The molecule has 0 spiro atoms. The van der Waals surface area contributed by atoms with Crippen molar-refractivity contribution in [1.82, 2.24) is 29.7 Å². The predicted octanol–water partition coefficient (Wildman–Crippen LogP) is 7.34. The van der Waals surface area contributed by atoms with E-state index in [0.717, 1.165) is 122 Å². The Balaban J connectivity index is 0.902. The van der Waals surface area contributed by atoms with E-state index in [1.807, 2.05) is 22.2 Å². The molecule has 274 valence electrons. The highest BCUT2D eigenvalue weighted by Crippen LogP contribution is 2.37. The van der Waals surface area contributed by atoms with E-state index in [9.17, 15) is 19.8 Å². The van der Waals surface area contributed by atoms with Crippen molar-refractivity contribution in [3.05, 3.63) is 72.6 Å². The Labute approximate surface area is 306 Å². The minimum Gasteiger partial charge on any atom is -0.383 e. The second kappa shape index (κ2) is 15.4. The quantitative estimate of drug-likeness (QED) is 0.144. The van der Waals surface area contributed by atoms with Crippen LogP contribution in [0.4, 0.5) is 0 Å². The minimum absolute atomic E-state index is 0.0701. The first-order chi connectivity index (χ1) is 25.4. The van der Waals surface area contributed by atoms with Crippen molar-refractivity contribution in [2.24, 2.45) is 11.8 Å². The van der Waals surface area contributed by atoms with Crippen LogP contribution in [0.15, 0.2) is 60.9 Å². The van der Waals surface area contributed by atoms with E-state index >= 15 is 0 Å². The van der Waals surface area contributed by atoms with Gasteiger partial charge in [-0.2, -0.15) is 0 Å². The third-order valence-electron chi connectivity index (χ3n) is 12.3. The summed E-state index contributed by atoms with van der Waals surface area (Å²) in [6.07, 6.45) is 15.8. The van der Waals surface area contributed by atoms with E-state index < -0.39 is 12.2 Å². The predicted molar refractivity (Wildman–Crippen MR) is 200 cm³/mol. The molecule has 0 bridgehead atoms. The van der Waals surface area contributed by atoms with Gasteiger partial charge in [0, 0.05) is 13.1 Å². The number of amides is 2. The molecule has 2 amide bonds. The summed E-state index contributed by atoms with van der Waals surface area (Å²) in [5, 5.41) is 21.8. The van der Waals surface area contributed by atoms with Crippen molar-refractivity contribution in [1.29, 1.82) is 0 Å². The Morgan fingerprint density at radius 3 is 1.29 bits per heavy atom. The van der Waals surface area contributed by atoms with Crippen LogP contribution >= 0.6 is 0 Å². The lowest BCUT2D eigenvalue weighted by atomic mass is 9.85. The summed E-state index contributed by atoms with van der Waals surface area (Å²) in [5.41, 5.74) is 6.05. The molecule has 2 aliphatic carbocycles. The summed E-state index contributed by atoms with van der Waals surface area (Å²) >= 11 is 0. The van der Waals surface area contributed by atoms with Gasteiger partial charge in [0.1, 0.15) is 23.9 Å². The fraction of sp³-hybridized carbons (Fsp3) is 0.524. The summed E-state index contributed by atoms with van der Waals surface area (Å²) < 4.78 is 0. The SMILES string of the molecule is O=C([C@@H](O)C1CCCCC1)N1CCCC1c1ncc(-c2ccc(-c3ccc(-c4cnc([C@@H]5CCCN5C(=O)[C@@H](O)C5CCCCC5)[nH]4)cc3)cc2)[nH]1. The number of imidazole rings is 2. The Hall–Kier alpha value is -4.28. The van der Waals surface area contributed by atoms with Gasteiger partial charge < -0.3 is 30.0 Å². The zero-order chi connectivity index (χ0) is 35.6. The standard InChI is InChI=1S/C42H52N6O4/c49-37(31-9-3-1-4-10-31)41(51)47-23-7-13-35(47)39-43-25-33(45-39)29-19-15-27(16-20-29)28-17-21-30(22-18-28)34-26-44-40(46-34)36-14-8-24-48(36)42(52)38(50)32-11-5-2-6-12-32/h15-22,25-26,31-32,35-38,49-50H,1-14,23-24H2,(H,43,45)(H,44,46)/t35-,36?,37-,38-/m0/s1. The molecular weight excluding hydrogens is 652 g/mol. The molecule has 4 heterocycles. The topological polar surface area (TPSA) is 138 Å². The number of nitrogens with one attached hydrogen (secondary N) is 2. The number of aliphatic hydroxyl groups is 2. The molecule has 4 aliphatic rings. The van der Waals surface area contributed by atoms with Crippen LogP contribution in [0.5, 0.6) is 0 Å². The molecular formula is C42H52N6O4. The highest BCUT2D eigenvalue weighted by Gasteiger charge is 2.39. The van der Waals surface area contributed by atoms with Gasteiger partial charge in [0.2, 0.25) is 0 Å². The van der Waals surface area contributed by atoms with Crippen LogP contribution in [0.2, 0.25) is 0 Å². The van der Waals surface area contributed by atoms with Gasteiger partial charge in [-0.05, 0) is 85.5 Å². The molecule has 2 aromatic heterocycles. The maximum absolute atomic E-state index is 13.3. The average Bonchev–Trinajstić information content (AvgIpc) is 4.04. The maximum atomic E-state index is 13.3. The van der Waals surface area contributed by atoms with Crippen LogP contribution in [-0.4, -0.2) is 77.1 Å². The van der Waals surface area contributed by atoms with Crippen molar-refractivity contribution in [2.75, 3.05) is 13.1 Å². The number of carbonyl (C=O) groups excluding carboxylic acids is 2. The molecule has 4 N–H and O–H groups in total. The zero-order valence-corrected chi connectivity index (χ0v) is 30.1. The van der Waals surface area contributed by atoms with E-state index in [1.165, 1.54) is 12.8 Å². The van der Waals surface area contributed by atoms with Crippen molar-refractivity contribution in [2.45, 2.75) is 114 Å². The fourth-order valence-electron chi connectivity index (χ4n) is 9.26. The lowest BCUT2D eigenvalue weighted by Crippen LogP contribution is -2.43. The Bertz CT molecular complexity index is 1690. The van der Waals surface area contributed by atoms with Gasteiger partial charge in [-0.25, -0.2) is 9.97 Å². The summed E-state index contributed by atoms with van der Waals surface area (Å²) in [4.78, 5) is 46.7. The lowest BCUT2D eigenvalue weighted by molar-refractivity contribution is -0.145. The lowest BCUT2D eigenvalue weighted by Gasteiger charge is -2.31. The van der Waals surface area contributed by atoms with Crippen LogP contribution in [0.25, 0.3) is 33.6 Å². The molecule has 2 aromatic carbocycles. The fourth-order valence-corrected chi connectivity index (χ4v) is 9.26. The van der Waals surface area contributed by atoms with Crippen molar-refractivity contribution < 1.29 is 19.8 Å². The van der Waals surface area contributed by atoms with Crippen LogP contribution in [0.3, 0.4) is 0 Å². The smallest absolute Gasteiger partial charge is 0.252 e. The van der Waals surface area contributed by atoms with Crippen LogP contribution in [-0.2, 0) is 9.59 Å². The molecule has 8 rings (SSSR count). The number of hydrogen-bond donors (Lipinski definition) is 4. The molecule has 2 saturated carbocycles. The van der Waals surface area contributed by atoms with Crippen molar-refractivity contribution >= 4 is 11.8 Å². The molecule has 2 saturated heterocycles. The van der Waals surface area contributed by atoms with E-state index in [2.05, 4.69) is 58.5 Å². The molecule has 4 atom stereocenters. The molecule has 10 nitrogen and oxygen atoms in total. The number of aliphatic hydroxyl groups excluding tert-OH is 2. The Morgan fingerprint density at radius 1 is 0.538 bits per heavy atom. The molecule has 0 radical (unpaired) electrons. The van der Waals surface area contributed by atoms with Crippen molar-refractivity contribution in [3.63, 3.8) is 0 Å². The third-order valence-corrected chi connectivity index (χ3v) is 12.3.